The van der Waals surface area contributed by atoms with Gasteiger partial charge in [-0.15, -0.1) is 0 Å². The number of imidazole rings is 1. The van der Waals surface area contributed by atoms with Gasteiger partial charge in [0.25, 0.3) is 5.56 Å². The van der Waals surface area contributed by atoms with Crippen LogP contribution in [0.3, 0.4) is 0 Å². The molecule has 0 bridgehead atoms. The van der Waals surface area contributed by atoms with Crippen LogP contribution in [-0.4, -0.2) is 24.4 Å². The van der Waals surface area contributed by atoms with Crippen molar-refractivity contribution in [2.24, 2.45) is 14.1 Å². The van der Waals surface area contributed by atoms with E-state index in [1.807, 2.05) is 34.9 Å². The number of aryl methyl sites for hydroxylation is 1. The summed E-state index contributed by atoms with van der Waals surface area (Å²) in [6, 6.07) is 9.95. The highest BCUT2D eigenvalue weighted by atomic mass is 32.2. The molecular formula is C17H20N4O2S. The van der Waals surface area contributed by atoms with Crippen LogP contribution in [0.5, 0.6) is 0 Å². The minimum absolute atomic E-state index is 0.306. The summed E-state index contributed by atoms with van der Waals surface area (Å²) in [5.74, 6) is 0.909. The smallest absolute Gasteiger partial charge is 0.309 e. The molecule has 3 rings (SSSR count). The Labute approximate surface area is 143 Å². The molecule has 0 radical (unpaired) electrons. The number of hydrogen-bond donors (Lipinski definition) is 0. The van der Waals surface area contributed by atoms with Gasteiger partial charge in [0, 0.05) is 19.8 Å². The molecule has 0 N–H and O–H groups in total. The van der Waals surface area contributed by atoms with E-state index in [1.165, 1.54) is 11.6 Å². The van der Waals surface area contributed by atoms with E-state index in [1.54, 1.807) is 18.8 Å². The first kappa shape index (κ1) is 16.6. The Morgan fingerprint density at radius 2 is 1.79 bits per heavy atom. The zero-order valence-corrected chi connectivity index (χ0v) is 14.8. The van der Waals surface area contributed by atoms with Crippen LogP contribution < -0.4 is 11.2 Å². The van der Waals surface area contributed by atoms with E-state index in [9.17, 15) is 9.59 Å². The third-order valence-corrected chi connectivity index (χ3v) is 5.11. The summed E-state index contributed by atoms with van der Waals surface area (Å²) in [7, 11) is 3.15. The fraction of sp³-hybridized carbons (Fsp3) is 0.353. The Morgan fingerprint density at radius 1 is 1.08 bits per heavy atom. The molecule has 0 amide bonds. The largest absolute Gasteiger partial charge is 0.332 e. The number of benzene rings is 1. The molecular weight excluding hydrogens is 324 g/mol. The first-order chi connectivity index (χ1) is 11.5. The normalized spacial score (nSPS) is 11.3. The summed E-state index contributed by atoms with van der Waals surface area (Å²) < 4.78 is 4.50. The second kappa shape index (κ2) is 6.68. The molecule has 1 aromatic carbocycles. The molecule has 0 saturated carbocycles. The Balaban J connectivity index is 2.27. The number of thioether (sulfide) groups is 1. The van der Waals surface area contributed by atoms with Gasteiger partial charge in [0.2, 0.25) is 0 Å². The number of rotatable bonds is 5. The first-order valence-electron chi connectivity index (χ1n) is 7.87. The molecule has 6 nitrogen and oxygen atoms in total. The third kappa shape index (κ3) is 2.80. The number of aromatic nitrogens is 4. The van der Waals surface area contributed by atoms with Gasteiger partial charge in [-0.25, -0.2) is 9.78 Å². The van der Waals surface area contributed by atoms with Gasteiger partial charge in [0.1, 0.15) is 0 Å². The zero-order chi connectivity index (χ0) is 17.3. The zero-order valence-electron chi connectivity index (χ0n) is 14.0. The van der Waals surface area contributed by atoms with Crippen molar-refractivity contribution in [3.63, 3.8) is 0 Å². The van der Waals surface area contributed by atoms with Crippen molar-refractivity contribution in [3.8, 4) is 0 Å². The molecule has 0 aliphatic rings. The molecule has 0 atom stereocenters. The molecule has 0 unspecified atom stereocenters. The van der Waals surface area contributed by atoms with Crippen LogP contribution in [0.25, 0.3) is 11.2 Å². The molecule has 2 heterocycles. The fourth-order valence-electron chi connectivity index (χ4n) is 2.64. The highest BCUT2D eigenvalue weighted by Crippen LogP contribution is 2.23. The SMILES string of the molecule is CCCSc1nc2c(c(=O)n(C)c(=O)n2C)n1Cc1ccccc1. The van der Waals surface area contributed by atoms with Crippen molar-refractivity contribution >= 4 is 22.9 Å². The summed E-state index contributed by atoms with van der Waals surface area (Å²) in [5.41, 5.74) is 1.34. The monoisotopic (exact) mass is 344 g/mol. The summed E-state index contributed by atoms with van der Waals surface area (Å²) in [4.78, 5) is 29.4. The quantitative estimate of drug-likeness (QED) is 0.664. The van der Waals surface area contributed by atoms with Crippen LogP contribution in [0.2, 0.25) is 0 Å². The van der Waals surface area contributed by atoms with Crippen molar-refractivity contribution in [3.05, 3.63) is 56.7 Å². The highest BCUT2D eigenvalue weighted by molar-refractivity contribution is 7.99. The Kier molecular flexibility index (Phi) is 4.62. The van der Waals surface area contributed by atoms with Gasteiger partial charge >= 0.3 is 5.69 Å². The summed E-state index contributed by atoms with van der Waals surface area (Å²) >= 11 is 1.61. The highest BCUT2D eigenvalue weighted by Gasteiger charge is 2.19. The second-order valence-electron chi connectivity index (χ2n) is 5.69. The number of nitrogens with zero attached hydrogens (tertiary/aromatic N) is 4. The van der Waals surface area contributed by atoms with Crippen LogP contribution in [-0.2, 0) is 20.6 Å². The Morgan fingerprint density at radius 3 is 2.46 bits per heavy atom. The third-order valence-electron chi connectivity index (χ3n) is 3.93. The molecule has 0 fully saturated rings. The van der Waals surface area contributed by atoms with Crippen molar-refractivity contribution in [2.75, 3.05) is 5.75 Å². The van der Waals surface area contributed by atoms with Crippen molar-refractivity contribution in [2.45, 2.75) is 25.0 Å². The summed E-state index contributed by atoms with van der Waals surface area (Å²) in [6.07, 6.45) is 1.01. The lowest BCUT2D eigenvalue weighted by Crippen LogP contribution is -2.37. The van der Waals surface area contributed by atoms with Crippen LogP contribution in [0.1, 0.15) is 18.9 Å². The molecule has 0 aliphatic heterocycles. The lowest BCUT2D eigenvalue weighted by molar-refractivity contribution is 0.696. The second-order valence-corrected chi connectivity index (χ2v) is 6.75. The Hall–Kier alpha value is -2.28. The van der Waals surface area contributed by atoms with Crippen LogP contribution in [0.15, 0.2) is 45.1 Å². The topological polar surface area (TPSA) is 61.8 Å². The number of fused-ring (bicyclic) bond motifs is 1. The van der Waals surface area contributed by atoms with Gasteiger partial charge < -0.3 is 4.57 Å². The molecule has 126 valence electrons. The van der Waals surface area contributed by atoms with Gasteiger partial charge in [0.05, 0.1) is 6.54 Å². The maximum absolute atomic E-state index is 12.7. The lowest BCUT2D eigenvalue weighted by atomic mass is 10.2. The van der Waals surface area contributed by atoms with Crippen LogP contribution in [0, 0.1) is 0 Å². The average molecular weight is 344 g/mol. The summed E-state index contributed by atoms with van der Waals surface area (Å²) in [6.45, 7) is 2.66. The van der Waals surface area contributed by atoms with E-state index in [-0.39, 0.29) is 11.2 Å². The lowest BCUT2D eigenvalue weighted by Gasteiger charge is -2.09. The van der Waals surface area contributed by atoms with Crippen molar-refractivity contribution in [1.82, 2.24) is 18.7 Å². The minimum atomic E-state index is -0.357. The van der Waals surface area contributed by atoms with Gasteiger partial charge in [0.15, 0.2) is 16.3 Å². The molecule has 3 aromatic rings. The van der Waals surface area contributed by atoms with Gasteiger partial charge in [-0.1, -0.05) is 49.0 Å². The standard InChI is InChI=1S/C17H20N4O2S/c1-4-10-24-16-18-14-13(15(22)20(3)17(23)19(14)2)21(16)11-12-8-6-5-7-9-12/h5-9H,4,10-11H2,1-3H3. The number of hydrogen-bond acceptors (Lipinski definition) is 4. The van der Waals surface area contributed by atoms with Crippen LogP contribution >= 0.6 is 11.8 Å². The van der Waals surface area contributed by atoms with Gasteiger partial charge in [-0.2, -0.15) is 0 Å². The van der Waals surface area contributed by atoms with E-state index in [4.69, 9.17) is 0 Å². The maximum Gasteiger partial charge on any atom is 0.332 e. The predicted molar refractivity (Wildman–Crippen MR) is 96.8 cm³/mol. The van der Waals surface area contributed by atoms with E-state index in [0.29, 0.717) is 17.7 Å². The maximum atomic E-state index is 12.7. The van der Waals surface area contributed by atoms with Crippen molar-refractivity contribution in [1.29, 1.82) is 0 Å². The molecule has 7 heteroatoms. The van der Waals surface area contributed by atoms with Gasteiger partial charge in [-0.3, -0.25) is 13.9 Å². The van der Waals surface area contributed by atoms with Crippen LogP contribution in [0.4, 0.5) is 0 Å². The molecule has 0 spiro atoms. The van der Waals surface area contributed by atoms with E-state index in [0.717, 1.165) is 27.5 Å². The fourth-order valence-corrected chi connectivity index (χ4v) is 3.49. The molecule has 0 saturated heterocycles. The van der Waals surface area contributed by atoms with Gasteiger partial charge in [-0.05, 0) is 12.0 Å². The summed E-state index contributed by atoms with van der Waals surface area (Å²) in [5, 5.41) is 0.772. The minimum Gasteiger partial charge on any atom is -0.309 e. The molecule has 0 aliphatic carbocycles. The average Bonchev–Trinajstić information content (AvgIpc) is 2.95. The van der Waals surface area contributed by atoms with Crippen molar-refractivity contribution < 1.29 is 0 Å². The first-order valence-corrected chi connectivity index (χ1v) is 8.86. The molecule has 24 heavy (non-hydrogen) atoms. The predicted octanol–water partition coefficient (Wildman–Crippen LogP) is 1.98. The Bertz CT molecular complexity index is 986. The molecule has 2 aromatic heterocycles. The van der Waals surface area contributed by atoms with E-state index >= 15 is 0 Å². The van der Waals surface area contributed by atoms with E-state index < -0.39 is 0 Å². The van der Waals surface area contributed by atoms with E-state index in [2.05, 4.69) is 11.9 Å².